The smallest absolute Gasteiger partial charge is 0.149 e. The van der Waals surface area contributed by atoms with E-state index in [9.17, 15) is 0 Å². The molecule has 2 rings (SSSR count). The quantitative estimate of drug-likeness (QED) is 0.871. The third-order valence-electron chi connectivity index (χ3n) is 2.79. The van der Waals surface area contributed by atoms with E-state index in [4.69, 9.17) is 22.1 Å². The second-order valence-corrected chi connectivity index (χ2v) is 4.84. The van der Waals surface area contributed by atoms with Gasteiger partial charge in [-0.05, 0) is 36.8 Å². The van der Waals surface area contributed by atoms with E-state index >= 15 is 0 Å². The summed E-state index contributed by atoms with van der Waals surface area (Å²) in [5.74, 6) is 6.61. The molecule has 20 heavy (non-hydrogen) atoms. The van der Waals surface area contributed by atoms with E-state index in [-0.39, 0.29) is 6.04 Å². The topological polar surface area (TPSA) is 35.2 Å². The van der Waals surface area contributed by atoms with Crippen molar-refractivity contribution in [1.29, 1.82) is 0 Å². The van der Waals surface area contributed by atoms with E-state index in [2.05, 4.69) is 11.8 Å². The fraction of sp³-hybridized carbons (Fsp3) is 0.176. The van der Waals surface area contributed by atoms with Crippen molar-refractivity contribution in [2.75, 3.05) is 6.61 Å². The van der Waals surface area contributed by atoms with Gasteiger partial charge in [0.05, 0.1) is 5.02 Å². The van der Waals surface area contributed by atoms with Crippen molar-refractivity contribution in [3.63, 3.8) is 0 Å². The van der Waals surface area contributed by atoms with Gasteiger partial charge in [0, 0.05) is 11.6 Å². The summed E-state index contributed by atoms with van der Waals surface area (Å²) in [7, 11) is 0. The largest absolute Gasteiger partial charge is 0.479 e. The van der Waals surface area contributed by atoms with Gasteiger partial charge in [-0.2, -0.15) is 0 Å². The fourth-order valence-electron chi connectivity index (χ4n) is 1.69. The van der Waals surface area contributed by atoms with Crippen LogP contribution >= 0.6 is 11.6 Å². The molecule has 0 bridgehead atoms. The molecule has 0 unspecified atom stereocenters. The van der Waals surface area contributed by atoms with Gasteiger partial charge in [-0.1, -0.05) is 47.7 Å². The highest BCUT2D eigenvalue weighted by Crippen LogP contribution is 2.27. The van der Waals surface area contributed by atoms with Crippen LogP contribution in [-0.2, 0) is 0 Å². The molecule has 0 spiro atoms. The number of hydrogen-bond donors (Lipinski definition) is 1. The molecule has 0 amide bonds. The van der Waals surface area contributed by atoms with Crippen molar-refractivity contribution in [3.05, 3.63) is 64.7 Å². The minimum atomic E-state index is -0.0422. The Morgan fingerprint density at radius 3 is 2.60 bits per heavy atom. The predicted octanol–water partition coefficient (Wildman–Crippen LogP) is 3.79. The molecule has 0 saturated heterocycles. The zero-order valence-corrected chi connectivity index (χ0v) is 12.0. The summed E-state index contributed by atoms with van der Waals surface area (Å²) >= 11 is 6.14. The molecule has 0 aliphatic carbocycles. The van der Waals surface area contributed by atoms with Gasteiger partial charge in [0.25, 0.3) is 0 Å². The lowest BCUT2D eigenvalue weighted by atomic mass is 10.1. The summed E-state index contributed by atoms with van der Waals surface area (Å²) in [6.45, 7) is 2.21. The monoisotopic (exact) mass is 285 g/mol. The lowest BCUT2D eigenvalue weighted by Gasteiger charge is -2.09. The number of benzene rings is 2. The Kier molecular flexibility index (Phi) is 5.06. The summed E-state index contributed by atoms with van der Waals surface area (Å²) in [6.07, 6.45) is 0. The first-order chi connectivity index (χ1) is 9.66. The van der Waals surface area contributed by atoms with E-state index in [1.54, 1.807) is 0 Å². The average molecular weight is 286 g/mol. The van der Waals surface area contributed by atoms with Crippen molar-refractivity contribution in [3.8, 4) is 17.6 Å². The Morgan fingerprint density at radius 2 is 1.95 bits per heavy atom. The molecule has 0 aliphatic rings. The zero-order valence-electron chi connectivity index (χ0n) is 11.3. The zero-order chi connectivity index (χ0) is 14.4. The molecule has 2 aromatic rings. The average Bonchev–Trinajstić information content (AvgIpc) is 2.46. The normalized spacial score (nSPS) is 11.3. The molecule has 3 heteroatoms. The summed E-state index contributed by atoms with van der Waals surface area (Å²) in [6, 6.07) is 15.3. The second-order valence-electron chi connectivity index (χ2n) is 4.44. The number of halogens is 1. The number of rotatable bonds is 3. The van der Waals surface area contributed by atoms with Crippen molar-refractivity contribution < 1.29 is 4.74 Å². The fourth-order valence-corrected chi connectivity index (χ4v) is 1.93. The Bertz CT molecular complexity index is 626. The first kappa shape index (κ1) is 14.5. The molecule has 0 saturated carbocycles. The lowest BCUT2D eigenvalue weighted by molar-refractivity contribution is 0.370. The van der Waals surface area contributed by atoms with Crippen LogP contribution in [0.5, 0.6) is 5.75 Å². The molecule has 2 N–H and O–H groups in total. The Morgan fingerprint density at radius 1 is 1.20 bits per heavy atom. The van der Waals surface area contributed by atoms with Gasteiger partial charge < -0.3 is 10.5 Å². The van der Waals surface area contributed by atoms with Crippen LogP contribution in [-0.4, -0.2) is 6.61 Å². The molecule has 2 nitrogen and oxygen atoms in total. The van der Waals surface area contributed by atoms with Crippen molar-refractivity contribution in [2.45, 2.75) is 13.0 Å². The number of hydrogen-bond acceptors (Lipinski definition) is 2. The number of ether oxygens (including phenoxy) is 1. The molecule has 0 aliphatic heterocycles. The van der Waals surface area contributed by atoms with Crippen molar-refractivity contribution in [2.24, 2.45) is 5.73 Å². The molecular formula is C17H16ClNO. The van der Waals surface area contributed by atoms with Gasteiger partial charge in [-0.25, -0.2) is 0 Å². The van der Waals surface area contributed by atoms with Crippen molar-refractivity contribution >= 4 is 11.6 Å². The molecule has 102 valence electrons. The maximum Gasteiger partial charge on any atom is 0.149 e. The van der Waals surface area contributed by atoms with E-state index in [1.165, 1.54) is 0 Å². The maximum atomic E-state index is 6.14. The Hall–Kier alpha value is -1.95. The molecule has 1 atom stereocenters. The minimum absolute atomic E-state index is 0.0422. The Labute approximate surface area is 124 Å². The SMILES string of the molecule is C[C@@H](N)c1ccc(OCC#Cc2ccccc2)c(Cl)c1. The van der Waals surface area contributed by atoms with Crippen LogP contribution in [0.2, 0.25) is 5.02 Å². The third-order valence-corrected chi connectivity index (χ3v) is 3.08. The van der Waals surface area contributed by atoms with Gasteiger partial charge >= 0.3 is 0 Å². The van der Waals surface area contributed by atoms with Crippen LogP contribution in [0.15, 0.2) is 48.5 Å². The van der Waals surface area contributed by atoms with Crippen LogP contribution in [0.4, 0.5) is 0 Å². The highest BCUT2D eigenvalue weighted by Gasteiger charge is 2.05. The first-order valence-corrected chi connectivity index (χ1v) is 6.76. The van der Waals surface area contributed by atoms with E-state index in [0.717, 1.165) is 11.1 Å². The van der Waals surface area contributed by atoms with E-state index < -0.39 is 0 Å². The van der Waals surface area contributed by atoms with Gasteiger partial charge in [-0.15, -0.1) is 0 Å². The highest BCUT2D eigenvalue weighted by atomic mass is 35.5. The predicted molar refractivity (Wildman–Crippen MR) is 82.9 cm³/mol. The molecule has 0 fully saturated rings. The van der Waals surface area contributed by atoms with Gasteiger partial charge in [0.2, 0.25) is 0 Å². The third kappa shape index (κ3) is 4.03. The molecule has 0 radical (unpaired) electrons. The minimum Gasteiger partial charge on any atom is -0.479 e. The highest BCUT2D eigenvalue weighted by molar-refractivity contribution is 6.32. The van der Waals surface area contributed by atoms with E-state index in [0.29, 0.717) is 17.4 Å². The summed E-state index contributed by atoms with van der Waals surface area (Å²) in [5, 5.41) is 0.557. The van der Waals surface area contributed by atoms with Crippen LogP contribution in [0.25, 0.3) is 0 Å². The van der Waals surface area contributed by atoms with Crippen LogP contribution in [0.1, 0.15) is 24.1 Å². The van der Waals surface area contributed by atoms with Crippen LogP contribution in [0, 0.1) is 11.8 Å². The standard InChI is InChI=1S/C17H16ClNO/c1-13(19)15-9-10-17(16(18)12-15)20-11-5-8-14-6-3-2-4-7-14/h2-4,6-7,9-10,12-13H,11,19H2,1H3/t13-/m1/s1. The molecule has 0 aromatic heterocycles. The number of nitrogens with two attached hydrogens (primary N) is 1. The molecular weight excluding hydrogens is 270 g/mol. The van der Waals surface area contributed by atoms with Gasteiger partial charge in [0.15, 0.2) is 0 Å². The lowest BCUT2D eigenvalue weighted by Crippen LogP contribution is -2.05. The van der Waals surface area contributed by atoms with E-state index in [1.807, 2.05) is 55.5 Å². The summed E-state index contributed by atoms with van der Waals surface area (Å²) in [4.78, 5) is 0. The van der Waals surface area contributed by atoms with Crippen molar-refractivity contribution in [1.82, 2.24) is 0 Å². The Balaban J connectivity index is 1.97. The summed E-state index contributed by atoms with van der Waals surface area (Å²) < 4.78 is 5.55. The van der Waals surface area contributed by atoms with Gasteiger partial charge in [0.1, 0.15) is 12.4 Å². The van der Waals surface area contributed by atoms with Crippen LogP contribution < -0.4 is 10.5 Å². The maximum absolute atomic E-state index is 6.14. The first-order valence-electron chi connectivity index (χ1n) is 6.38. The van der Waals surface area contributed by atoms with Crippen LogP contribution in [0.3, 0.4) is 0 Å². The molecule has 2 aromatic carbocycles. The molecule has 0 heterocycles. The second kappa shape index (κ2) is 7.00. The summed E-state index contributed by atoms with van der Waals surface area (Å²) in [5.41, 5.74) is 7.75. The van der Waals surface area contributed by atoms with Gasteiger partial charge in [-0.3, -0.25) is 0 Å².